The summed E-state index contributed by atoms with van der Waals surface area (Å²) in [5.74, 6) is 1.07. The average Bonchev–Trinajstić information content (AvgIpc) is 2.82. The van der Waals surface area contributed by atoms with E-state index in [1.165, 1.54) is 32.2 Å². The third kappa shape index (κ3) is 2.87. The van der Waals surface area contributed by atoms with Crippen LogP contribution >= 0.6 is 11.8 Å². The molecule has 2 heterocycles. The Labute approximate surface area is 111 Å². The zero-order chi connectivity index (χ0) is 12.2. The lowest BCUT2D eigenvalue weighted by molar-refractivity contribution is 0.394. The summed E-state index contributed by atoms with van der Waals surface area (Å²) in [6.07, 6.45) is 5.21. The van der Waals surface area contributed by atoms with Gasteiger partial charge in [-0.25, -0.2) is 4.98 Å². The van der Waals surface area contributed by atoms with Gasteiger partial charge in [-0.2, -0.15) is 0 Å². The number of para-hydroxylation sites is 2. The number of aromatic nitrogens is 1. The van der Waals surface area contributed by atoms with Gasteiger partial charge in [0.25, 0.3) is 5.22 Å². The Morgan fingerprint density at radius 1 is 1.33 bits per heavy atom. The third-order valence-corrected chi connectivity index (χ3v) is 4.24. The Bertz CT molecular complexity index is 472. The normalized spacial score (nSPS) is 20.3. The molecule has 0 bridgehead atoms. The van der Waals surface area contributed by atoms with E-state index in [2.05, 4.69) is 10.3 Å². The minimum Gasteiger partial charge on any atom is -0.431 e. The van der Waals surface area contributed by atoms with E-state index in [1.54, 1.807) is 11.8 Å². The summed E-state index contributed by atoms with van der Waals surface area (Å²) < 4.78 is 5.69. The van der Waals surface area contributed by atoms with E-state index in [0.29, 0.717) is 6.04 Å². The number of fused-ring (bicyclic) bond motifs is 1. The molecule has 1 aliphatic rings. The molecular formula is C14H18N2OS. The van der Waals surface area contributed by atoms with Crippen molar-refractivity contribution in [1.82, 2.24) is 10.3 Å². The van der Waals surface area contributed by atoms with E-state index in [1.807, 2.05) is 24.3 Å². The Balaban J connectivity index is 1.53. The van der Waals surface area contributed by atoms with Gasteiger partial charge in [0.15, 0.2) is 5.58 Å². The SMILES string of the molecule is c1ccc2oc(SCC[C@H]3CCCCN3)nc2c1. The lowest BCUT2D eigenvalue weighted by Crippen LogP contribution is -2.34. The summed E-state index contributed by atoms with van der Waals surface area (Å²) in [5.41, 5.74) is 1.84. The van der Waals surface area contributed by atoms with Crippen LogP contribution in [0.5, 0.6) is 0 Å². The maximum absolute atomic E-state index is 5.69. The maximum Gasteiger partial charge on any atom is 0.256 e. The second-order valence-corrected chi connectivity index (χ2v) is 5.78. The molecule has 1 aromatic heterocycles. The van der Waals surface area contributed by atoms with Crippen LogP contribution in [-0.4, -0.2) is 23.3 Å². The number of rotatable bonds is 4. The minimum absolute atomic E-state index is 0.690. The second-order valence-electron chi connectivity index (χ2n) is 4.73. The fraction of sp³-hybridized carbons (Fsp3) is 0.500. The standard InChI is InChI=1S/C14H18N2OS/c1-2-7-13-12(6-1)16-14(17-13)18-10-8-11-5-3-4-9-15-11/h1-2,6-7,11,15H,3-5,8-10H2/t11-/m1/s1. The zero-order valence-corrected chi connectivity index (χ0v) is 11.2. The van der Waals surface area contributed by atoms with Gasteiger partial charge in [0.2, 0.25) is 0 Å². The van der Waals surface area contributed by atoms with E-state index in [-0.39, 0.29) is 0 Å². The number of piperidine rings is 1. The Kier molecular flexibility index (Phi) is 3.86. The first-order valence-electron chi connectivity index (χ1n) is 6.63. The molecule has 1 aromatic carbocycles. The van der Waals surface area contributed by atoms with Crippen LogP contribution < -0.4 is 5.32 Å². The van der Waals surface area contributed by atoms with Crippen molar-refractivity contribution in [3.05, 3.63) is 24.3 Å². The van der Waals surface area contributed by atoms with Gasteiger partial charge in [-0.1, -0.05) is 30.3 Å². The summed E-state index contributed by atoms with van der Waals surface area (Å²) in [5, 5.41) is 4.37. The van der Waals surface area contributed by atoms with E-state index < -0.39 is 0 Å². The highest BCUT2D eigenvalue weighted by atomic mass is 32.2. The fourth-order valence-electron chi connectivity index (χ4n) is 2.37. The number of hydrogen-bond acceptors (Lipinski definition) is 4. The van der Waals surface area contributed by atoms with Crippen LogP contribution in [0.25, 0.3) is 11.1 Å². The highest BCUT2D eigenvalue weighted by Crippen LogP contribution is 2.24. The van der Waals surface area contributed by atoms with Crippen molar-refractivity contribution >= 4 is 22.9 Å². The molecule has 0 amide bonds. The molecule has 18 heavy (non-hydrogen) atoms. The molecule has 1 aliphatic heterocycles. The van der Waals surface area contributed by atoms with Crippen LogP contribution in [0.15, 0.2) is 33.9 Å². The van der Waals surface area contributed by atoms with E-state index in [0.717, 1.165) is 22.1 Å². The molecule has 4 heteroatoms. The zero-order valence-electron chi connectivity index (χ0n) is 10.4. The smallest absolute Gasteiger partial charge is 0.256 e. The summed E-state index contributed by atoms with van der Waals surface area (Å²) in [4.78, 5) is 4.47. The van der Waals surface area contributed by atoms with Crippen molar-refractivity contribution in [3.63, 3.8) is 0 Å². The van der Waals surface area contributed by atoms with Crippen molar-refractivity contribution in [1.29, 1.82) is 0 Å². The number of nitrogens with one attached hydrogen (secondary N) is 1. The van der Waals surface area contributed by atoms with Gasteiger partial charge in [-0.05, 0) is 37.9 Å². The van der Waals surface area contributed by atoms with Gasteiger partial charge in [0.05, 0.1) is 0 Å². The van der Waals surface area contributed by atoms with Crippen molar-refractivity contribution in [3.8, 4) is 0 Å². The largest absolute Gasteiger partial charge is 0.431 e. The number of hydrogen-bond donors (Lipinski definition) is 1. The van der Waals surface area contributed by atoms with Crippen molar-refractivity contribution in [2.75, 3.05) is 12.3 Å². The third-order valence-electron chi connectivity index (χ3n) is 3.38. The van der Waals surface area contributed by atoms with Crippen LogP contribution in [-0.2, 0) is 0 Å². The molecule has 0 saturated carbocycles. The fourth-order valence-corrected chi connectivity index (χ4v) is 3.26. The van der Waals surface area contributed by atoms with Gasteiger partial charge in [0.1, 0.15) is 5.52 Å². The monoisotopic (exact) mass is 262 g/mol. The van der Waals surface area contributed by atoms with Crippen molar-refractivity contribution in [2.45, 2.75) is 36.9 Å². The van der Waals surface area contributed by atoms with E-state index in [9.17, 15) is 0 Å². The van der Waals surface area contributed by atoms with Gasteiger partial charge in [-0.15, -0.1) is 0 Å². The molecule has 1 saturated heterocycles. The number of oxazole rings is 1. The lowest BCUT2D eigenvalue weighted by Gasteiger charge is -2.22. The molecule has 0 radical (unpaired) electrons. The molecule has 96 valence electrons. The topological polar surface area (TPSA) is 38.1 Å². The quantitative estimate of drug-likeness (QED) is 0.856. The predicted molar refractivity (Wildman–Crippen MR) is 75.0 cm³/mol. The molecule has 2 aromatic rings. The summed E-state index contributed by atoms with van der Waals surface area (Å²) in [7, 11) is 0. The summed E-state index contributed by atoms with van der Waals surface area (Å²) in [6, 6.07) is 8.62. The summed E-state index contributed by atoms with van der Waals surface area (Å²) in [6.45, 7) is 1.18. The molecule has 1 N–H and O–H groups in total. The Hall–Kier alpha value is -1.00. The molecule has 3 nitrogen and oxygen atoms in total. The Morgan fingerprint density at radius 2 is 2.28 bits per heavy atom. The highest BCUT2D eigenvalue weighted by Gasteiger charge is 2.13. The number of benzene rings is 1. The minimum atomic E-state index is 0.690. The van der Waals surface area contributed by atoms with Crippen LogP contribution in [0.1, 0.15) is 25.7 Å². The molecule has 0 aliphatic carbocycles. The molecule has 0 spiro atoms. The maximum atomic E-state index is 5.69. The predicted octanol–water partition coefficient (Wildman–Crippen LogP) is 3.45. The molecule has 1 atom stereocenters. The van der Waals surface area contributed by atoms with Crippen LogP contribution in [0.4, 0.5) is 0 Å². The molecular weight excluding hydrogens is 244 g/mol. The average molecular weight is 262 g/mol. The summed E-state index contributed by atoms with van der Waals surface area (Å²) >= 11 is 1.72. The molecule has 3 rings (SSSR count). The Morgan fingerprint density at radius 3 is 3.11 bits per heavy atom. The first-order valence-corrected chi connectivity index (χ1v) is 7.62. The van der Waals surface area contributed by atoms with Gasteiger partial charge < -0.3 is 9.73 Å². The van der Waals surface area contributed by atoms with Crippen LogP contribution in [0, 0.1) is 0 Å². The van der Waals surface area contributed by atoms with E-state index in [4.69, 9.17) is 4.42 Å². The van der Waals surface area contributed by atoms with Crippen LogP contribution in [0.2, 0.25) is 0 Å². The van der Waals surface area contributed by atoms with Gasteiger partial charge in [-0.3, -0.25) is 0 Å². The van der Waals surface area contributed by atoms with Crippen molar-refractivity contribution < 1.29 is 4.42 Å². The number of nitrogens with zero attached hydrogens (tertiary/aromatic N) is 1. The lowest BCUT2D eigenvalue weighted by atomic mass is 10.0. The molecule has 0 unspecified atom stereocenters. The second kappa shape index (κ2) is 5.76. The first kappa shape index (κ1) is 12.1. The van der Waals surface area contributed by atoms with Gasteiger partial charge in [0, 0.05) is 11.8 Å². The van der Waals surface area contributed by atoms with Gasteiger partial charge >= 0.3 is 0 Å². The number of thioether (sulfide) groups is 1. The highest BCUT2D eigenvalue weighted by molar-refractivity contribution is 7.99. The van der Waals surface area contributed by atoms with E-state index >= 15 is 0 Å². The van der Waals surface area contributed by atoms with Crippen LogP contribution in [0.3, 0.4) is 0 Å². The van der Waals surface area contributed by atoms with Crippen molar-refractivity contribution in [2.24, 2.45) is 0 Å². The molecule has 1 fully saturated rings. The first-order chi connectivity index (χ1) is 8.92.